The Labute approximate surface area is 147 Å². The summed E-state index contributed by atoms with van der Waals surface area (Å²) in [6.45, 7) is 2.20. The van der Waals surface area contributed by atoms with Gasteiger partial charge in [-0.05, 0) is 36.8 Å². The molecule has 0 aliphatic rings. The minimum atomic E-state index is -3.71. The lowest BCUT2D eigenvalue weighted by Gasteiger charge is -2.07. The molecular weight excluding hydrogens is 338 g/mol. The maximum atomic E-state index is 12.6. The molecule has 0 fully saturated rings. The van der Waals surface area contributed by atoms with E-state index < -0.39 is 10.0 Å². The zero-order valence-electron chi connectivity index (χ0n) is 14.0. The zero-order valence-corrected chi connectivity index (χ0v) is 14.8. The molecule has 3 aromatic rings. The van der Waals surface area contributed by atoms with Crippen LogP contribution >= 0.6 is 0 Å². The number of rotatable bonds is 6. The molecule has 0 saturated heterocycles. The number of methoxy groups -OCH3 is 1. The molecule has 6 nitrogen and oxygen atoms in total. The molecule has 0 saturated carbocycles. The van der Waals surface area contributed by atoms with Gasteiger partial charge in [0.1, 0.15) is 10.6 Å². The van der Waals surface area contributed by atoms with Crippen LogP contribution in [0.1, 0.15) is 11.3 Å². The fraction of sp³-hybridized carbons (Fsp3) is 0.167. The molecular formula is C18H19N3O3S. The molecule has 1 aromatic heterocycles. The number of hydrogen-bond donors (Lipinski definition) is 1. The second kappa shape index (κ2) is 6.98. The van der Waals surface area contributed by atoms with E-state index in [1.807, 2.05) is 30.3 Å². The molecule has 2 aromatic carbocycles. The van der Waals surface area contributed by atoms with E-state index in [-0.39, 0.29) is 4.90 Å². The Morgan fingerprint density at radius 3 is 2.40 bits per heavy atom. The molecule has 3 rings (SSSR count). The van der Waals surface area contributed by atoms with Crippen molar-refractivity contribution in [1.82, 2.24) is 9.78 Å². The summed E-state index contributed by atoms with van der Waals surface area (Å²) in [5, 5.41) is 4.32. The van der Waals surface area contributed by atoms with Crippen molar-refractivity contribution in [2.45, 2.75) is 18.4 Å². The third-order valence-corrected chi connectivity index (χ3v) is 5.20. The highest BCUT2D eigenvalue weighted by Gasteiger charge is 2.20. The van der Waals surface area contributed by atoms with Gasteiger partial charge in [0, 0.05) is 11.9 Å². The Bertz CT molecular complexity index is 949. The van der Waals surface area contributed by atoms with Crippen molar-refractivity contribution in [3.63, 3.8) is 0 Å². The van der Waals surface area contributed by atoms with Crippen molar-refractivity contribution in [2.75, 3.05) is 11.8 Å². The summed E-state index contributed by atoms with van der Waals surface area (Å²) in [4.78, 5) is 0.166. The maximum Gasteiger partial charge on any atom is 0.265 e. The summed E-state index contributed by atoms with van der Waals surface area (Å²) >= 11 is 0. The second-order valence-electron chi connectivity index (χ2n) is 5.60. The highest BCUT2D eigenvalue weighted by molar-refractivity contribution is 7.92. The lowest BCUT2D eigenvalue weighted by atomic mass is 10.2. The SMILES string of the molecule is COc1ccc(NS(=O)(=O)c2cn(Cc3ccccc3)nc2C)cc1. The first-order chi connectivity index (χ1) is 12.0. The molecule has 130 valence electrons. The van der Waals surface area contributed by atoms with Crippen LogP contribution in [0.15, 0.2) is 65.7 Å². The average molecular weight is 357 g/mol. The molecule has 25 heavy (non-hydrogen) atoms. The van der Waals surface area contributed by atoms with Gasteiger partial charge in [0.15, 0.2) is 0 Å². The van der Waals surface area contributed by atoms with Gasteiger partial charge in [-0.1, -0.05) is 30.3 Å². The molecule has 0 aliphatic carbocycles. The topological polar surface area (TPSA) is 73.2 Å². The van der Waals surface area contributed by atoms with Gasteiger partial charge in [0.05, 0.1) is 19.3 Å². The minimum absolute atomic E-state index is 0.166. The van der Waals surface area contributed by atoms with Gasteiger partial charge in [0.2, 0.25) is 0 Å². The Morgan fingerprint density at radius 1 is 1.08 bits per heavy atom. The predicted molar refractivity (Wildman–Crippen MR) is 96.3 cm³/mol. The highest BCUT2D eigenvalue weighted by atomic mass is 32.2. The van der Waals surface area contributed by atoms with Crippen molar-refractivity contribution < 1.29 is 13.2 Å². The van der Waals surface area contributed by atoms with Crippen molar-refractivity contribution in [3.8, 4) is 5.75 Å². The van der Waals surface area contributed by atoms with Crippen LogP contribution in [0.5, 0.6) is 5.75 Å². The van der Waals surface area contributed by atoms with Crippen molar-refractivity contribution in [2.24, 2.45) is 0 Å². The van der Waals surface area contributed by atoms with Crippen LogP contribution in [0.2, 0.25) is 0 Å². The first kappa shape index (κ1) is 17.0. The normalized spacial score (nSPS) is 11.3. The molecule has 0 atom stereocenters. The average Bonchev–Trinajstić information content (AvgIpc) is 2.97. The third kappa shape index (κ3) is 4.00. The minimum Gasteiger partial charge on any atom is -0.497 e. The summed E-state index contributed by atoms with van der Waals surface area (Å²) in [5.74, 6) is 0.662. The maximum absolute atomic E-state index is 12.6. The number of sulfonamides is 1. The second-order valence-corrected chi connectivity index (χ2v) is 7.25. The quantitative estimate of drug-likeness (QED) is 0.736. The van der Waals surface area contributed by atoms with Crippen LogP contribution in [-0.4, -0.2) is 25.3 Å². The zero-order chi connectivity index (χ0) is 17.9. The number of anilines is 1. The predicted octanol–water partition coefficient (Wildman–Crippen LogP) is 3.05. The molecule has 1 N–H and O–H groups in total. The van der Waals surface area contributed by atoms with E-state index in [1.54, 1.807) is 49.2 Å². The molecule has 0 radical (unpaired) electrons. The van der Waals surface area contributed by atoms with Crippen LogP contribution in [0.4, 0.5) is 5.69 Å². The van der Waals surface area contributed by atoms with E-state index >= 15 is 0 Å². The van der Waals surface area contributed by atoms with Crippen molar-refractivity contribution in [3.05, 3.63) is 72.1 Å². The van der Waals surface area contributed by atoms with E-state index in [4.69, 9.17) is 4.74 Å². The lowest BCUT2D eigenvalue weighted by Crippen LogP contribution is -2.13. The number of nitrogens with zero attached hydrogens (tertiary/aromatic N) is 2. The lowest BCUT2D eigenvalue weighted by molar-refractivity contribution is 0.415. The monoisotopic (exact) mass is 357 g/mol. The summed E-state index contributed by atoms with van der Waals surface area (Å²) in [6, 6.07) is 16.5. The number of ether oxygens (including phenoxy) is 1. The largest absolute Gasteiger partial charge is 0.497 e. The van der Waals surface area contributed by atoms with Gasteiger partial charge in [-0.2, -0.15) is 5.10 Å². The number of hydrogen-bond acceptors (Lipinski definition) is 4. The number of nitrogens with one attached hydrogen (secondary N) is 1. The Kier molecular flexibility index (Phi) is 4.76. The van der Waals surface area contributed by atoms with E-state index in [0.29, 0.717) is 23.7 Å². The molecule has 0 amide bonds. The number of benzene rings is 2. The van der Waals surface area contributed by atoms with Gasteiger partial charge in [-0.15, -0.1) is 0 Å². The Morgan fingerprint density at radius 2 is 1.76 bits per heavy atom. The molecule has 0 bridgehead atoms. The fourth-order valence-electron chi connectivity index (χ4n) is 2.48. The van der Waals surface area contributed by atoms with Crippen LogP contribution in [0.25, 0.3) is 0 Å². The van der Waals surface area contributed by atoms with Crippen LogP contribution in [0, 0.1) is 6.92 Å². The highest BCUT2D eigenvalue weighted by Crippen LogP contribution is 2.21. The summed E-state index contributed by atoms with van der Waals surface area (Å²) in [7, 11) is -2.15. The van der Waals surface area contributed by atoms with Crippen LogP contribution in [-0.2, 0) is 16.6 Å². The Balaban J connectivity index is 1.82. The van der Waals surface area contributed by atoms with Crippen LogP contribution < -0.4 is 9.46 Å². The first-order valence-corrected chi connectivity index (χ1v) is 9.21. The standard InChI is InChI=1S/C18H19N3O3S/c1-14-18(13-21(19-14)12-15-6-4-3-5-7-15)25(22,23)20-16-8-10-17(24-2)11-9-16/h3-11,13,20H,12H2,1-2H3. The first-order valence-electron chi connectivity index (χ1n) is 7.73. The summed E-state index contributed by atoms with van der Waals surface area (Å²) in [6.07, 6.45) is 1.55. The van der Waals surface area contributed by atoms with Crippen LogP contribution in [0.3, 0.4) is 0 Å². The number of aromatic nitrogens is 2. The molecule has 7 heteroatoms. The molecule has 0 spiro atoms. The van der Waals surface area contributed by atoms with Gasteiger partial charge >= 0.3 is 0 Å². The number of aryl methyl sites for hydroxylation is 1. The van der Waals surface area contributed by atoms with E-state index in [2.05, 4.69) is 9.82 Å². The molecule has 0 aliphatic heterocycles. The van der Waals surface area contributed by atoms with Gasteiger partial charge in [0.25, 0.3) is 10.0 Å². The fourth-order valence-corrected chi connectivity index (χ4v) is 3.73. The van der Waals surface area contributed by atoms with Gasteiger partial charge < -0.3 is 4.74 Å². The summed E-state index contributed by atoms with van der Waals surface area (Å²) < 4.78 is 34.6. The smallest absolute Gasteiger partial charge is 0.265 e. The Hall–Kier alpha value is -2.80. The van der Waals surface area contributed by atoms with E-state index in [1.165, 1.54) is 0 Å². The van der Waals surface area contributed by atoms with E-state index in [9.17, 15) is 8.42 Å². The van der Waals surface area contributed by atoms with E-state index in [0.717, 1.165) is 5.56 Å². The summed E-state index contributed by atoms with van der Waals surface area (Å²) in [5.41, 5.74) is 1.98. The molecule has 1 heterocycles. The van der Waals surface area contributed by atoms with Gasteiger partial charge in [-0.25, -0.2) is 8.42 Å². The third-order valence-electron chi connectivity index (χ3n) is 3.72. The van der Waals surface area contributed by atoms with Gasteiger partial charge in [-0.3, -0.25) is 9.40 Å². The van der Waals surface area contributed by atoms with Crippen molar-refractivity contribution >= 4 is 15.7 Å². The van der Waals surface area contributed by atoms with Crippen molar-refractivity contribution in [1.29, 1.82) is 0 Å². The molecule has 0 unspecified atom stereocenters.